The summed E-state index contributed by atoms with van der Waals surface area (Å²) in [7, 11) is 0. The van der Waals surface area contributed by atoms with Gasteiger partial charge in [-0.15, -0.1) is 0 Å². The molecule has 2 rings (SSSR count). The molecule has 0 unspecified atom stereocenters. The Balaban J connectivity index is 2.22. The fourth-order valence-corrected chi connectivity index (χ4v) is 2.03. The molecule has 0 fully saturated rings. The van der Waals surface area contributed by atoms with Gasteiger partial charge in [-0.1, -0.05) is 60.2 Å². The largest absolute Gasteiger partial charge is 0.0911 e. The van der Waals surface area contributed by atoms with Crippen molar-refractivity contribution >= 4 is 5.57 Å². The summed E-state index contributed by atoms with van der Waals surface area (Å²) in [6, 6.07) is 8.49. The Morgan fingerprint density at radius 1 is 1.06 bits per heavy atom. The van der Waals surface area contributed by atoms with Crippen molar-refractivity contribution in [2.24, 2.45) is 0 Å². The number of rotatable bonds is 2. The average Bonchev–Trinajstić information content (AvgIpc) is 2.33. The van der Waals surface area contributed by atoms with Crippen LogP contribution in [0, 0.1) is 13.3 Å². The first-order valence-electron chi connectivity index (χ1n) is 6.24. The molecule has 0 heterocycles. The normalized spacial score (nSPS) is 17.4. The molecule has 0 heteroatoms. The molecule has 0 N–H and O–H groups in total. The molecule has 0 aliphatic heterocycles. The van der Waals surface area contributed by atoms with Crippen LogP contribution in [0.1, 0.15) is 25.0 Å². The summed E-state index contributed by atoms with van der Waals surface area (Å²) in [4.78, 5) is 0. The summed E-state index contributed by atoms with van der Waals surface area (Å²) in [6.07, 6.45) is 8.65. The minimum absolute atomic E-state index is 1.06. The zero-order valence-corrected chi connectivity index (χ0v) is 11.3. The van der Waals surface area contributed by atoms with Gasteiger partial charge in [0.25, 0.3) is 0 Å². The van der Waals surface area contributed by atoms with E-state index in [1.807, 2.05) is 0 Å². The van der Waals surface area contributed by atoms with Crippen LogP contribution in [0.25, 0.3) is 5.57 Å². The molecule has 0 amide bonds. The summed E-state index contributed by atoms with van der Waals surface area (Å²) in [6.45, 7) is 10.5. The molecule has 1 aromatic rings. The van der Waals surface area contributed by atoms with Crippen LogP contribution >= 0.6 is 0 Å². The lowest BCUT2D eigenvalue weighted by molar-refractivity contribution is 1.29. The van der Waals surface area contributed by atoms with Gasteiger partial charge in [-0.05, 0) is 43.1 Å². The number of allylic oxidation sites excluding steroid dienone is 7. The molecule has 0 saturated carbocycles. The zero-order valence-electron chi connectivity index (χ0n) is 11.3. The molecule has 0 bridgehead atoms. The summed E-state index contributed by atoms with van der Waals surface area (Å²) in [5, 5.41) is 0. The van der Waals surface area contributed by atoms with Crippen LogP contribution in [-0.2, 0) is 0 Å². The predicted octanol–water partition coefficient (Wildman–Crippen LogP) is 5.05. The van der Waals surface area contributed by atoms with Gasteiger partial charge in [0.05, 0.1) is 0 Å². The van der Waals surface area contributed by atoms with Gasteiger partial charge in [0.2, 0.25) is 0 Å². The Labute approximate surface area is 110 Å². The molecule has 0 saturated heterocycles. The number of aryl methyl sites for hydroxylation is 1. The topological polar surface area (TPSA) is 0 Å². The molecule has 91 valence electrons. The number of benzene rings is 1. The Bertz CT molecular complexity index is 548. The van der Waals surface area contributed by atoms with E-state index in [4.69, 9.17) is 0 Å². The predicted molar refractivity (Wildman–Crippen MR) is 80.1 cm³/mol. The molecule has 1 aliphatic rings. The quantitative estimate of drug-likeness (QED) is 0.673. The van der Waals surface area contributed by atoms with Crippen LogP contribution in [0.5, 0.6) is 0 Å². The van der Waals surface area contributed by atoms with E-state index in [9.17, 15) is 0 Å². The maximum atomic E-state index is 4.16. The van der Waals surface area contributed by atoms with Gasteiger partial charge >= 0.3 is 0 Å². The lowest BCUT2D eigenvalue weighted by Crippen LogP contribution is -1.93. The second-order valence-electron chi connectivity index (χ2n) is 4.90. The SMILES string of the molecule is C=C(/C=C1/[CH]C=C(C)C=C1C)c1ccc(C)cc1. The van der Waals surface area contributed by atoms with Crippen LogP contribution < -0.4 is 0 Å². The fourth-order valence-electron chi connectivity index (χ4n) is 2.03. The van der Waals surface area contributed by atoms with Crippen LogP contribution in [0.2, 0.25) is 0 Å². The van der Waals surface area contributed by atoms with E-state index in [0.717, 1.165) is 5.57 Å². The second kappa shape index (κ2) is 5.22. The van der Waals surface area contributed by atoms with Gasteiger partial charge in [-0.25, -0.2) is 0 Å². The van der Waals surface area contributed by atoms with Crippen molar-refractivity contribution < 1.29 is 0 Å². The monoisotopic (exact) mass is 235 g/mol. The molecule has 0 nitrogen and oxygen atoms in total. The smallest absolute Gasteiger partial charge is 0.0130 e. The van der Waals surface area contributed by atoms with Crippen molar-refractivity contribution in [2.45, 2.75) is 20.8 Å². The fraction of sp³-hybridized carbons (Fsp3) is 0.167. The Morgan fingerprint density at radius 3 is 2.33 bits per heavy atom. The summed E-state index contributed by atoms with van der Waals surface area (Å²) < 4.78 is 0. The highest BCUT2D eigenvalue weighted by Gasteiger charge is 2.06. The van der Waals surface area contributed by atoms with Crippen LogP contribution in [0.4, 0.5) is 0 Å². The van der Waals surface area contributed by atoms with Crippen molar-refractivity contribution in [1.29, 1.82) is 0 Å². The maximum Gasteiger partial charge on any atom is 0.0130 e. The van der Waals surface area contributed by atoms with E-state index in [1.54, 1.807) is 0 Å². The molecule has 0 atom stereocenters. The average molecular weight is 235 g/mol. The Morgan fingerprint density at radius 2 is 1.72 bits per heavy atom. The van der Waals surface area contributed by atoms with E-state index in [2.05, 4.69) is 76.3 Å². The number of hydrogen-bond acceptors (Lipinski definition) is 0. The molecular formula is C18H19. The zero-order chi connectivity index (χ0) is 13.1. The van der Waals surface area contributed by atoms with Crippen LogP contribution in [0.3, 0.4) is 0 Å². The highest BCUT2D eigenvalue weighted by atomic mass is 14.1. The van der Waals surface area contributed by atoms with Crippen LogP contribution in [0.15, 0.2) is 65.8 Å². The summed E-state index contributed by atoms with van der Waals surface area (Å²) in [5.41, 5.74) is 7.35. The van der Waals surface area contributed by atoms with E-state index >= 15 is 0 Å². The Kier molecular flexibility index (Phi) is 3.66. The first-order chi connectivity index (χ1) is 8.56. The Hall–Kier alpha value is -1.82. The van der Waals surface area contributed by atoms with Crippen molar-refractivity contribution in [3.8, 4) is 0 Å². The van der Waals surface area contributed by atoms with Crippen molar-refractivity contribution in [1.82, 2.24) is 0 Å². The van der Waals surface area contributed by atoms with Gasteiger partial charge in [-0.2, -0.15) is 0 Å². The highest BCUT2D eigenvalue weighted by molar-refractivity contribution is 5.75. The highest BCUT2D eigenvalue weighted by Crippen LogP contribution is 2.25. The lowest BCUT2D eigenvalue weighted by atomic mass is 9.93. The minimum Gasteiger partial charge on any atom is -0.0911 e. The molecule has 0 spiro atoms. The first kappa shape index (κ1) is 12.6. The molecule has 18 heavy (non-hydrogen) atoms. The summed E-state index contributed by atoms with van der Waals surface area (Å²) in [5.74, 6) is 0. The van der Waals surface area contributed by atoms with Crippen molar-refractivity contribution in [3.05, 3.63) is 83.3 Å². The third-order valence-electron chi connectivity index (χ3n) is 3.18. The van der Waals surface area contributed by atoms with Gasteiger partial charge < -0.3 is 0 Å². The third kappa shape index (κ3) is 2.89. The molecule has 1 aromatic carbocycles. The first-order valence-corrected chi connectivity index (χ1v) is 6.24. The van der Waals surface area contributed by atoms with Gasteiger partial charge in [0, 0.05) is 6.42 Å². The van der Waals surface area contributed by atoms with E-state index in [-0.39, 0.29) is 0 Å². The van der Waals surface area contributed by atoms with Gasteiger partial charge in [-0.3, -0.25) is 0 Å². The lowest BCUT2D eigenvalue weighted by Gasteiger charge is -2.12. The van der Waals surface area contributed by atoms with E-state index in [0.29, 0.717) is 0 Å². The van der Waals surface area contributed by atoms with Gasteiger partial charge in [0.1, 0.15) is 0 Å². The van der Waals surface area contributed by atoms with Gasteiger partial charge in [0.15, 0.2) is 0 Å². The number of hydrogen-bond donors (Lipinski definition) is 0. The molecule has 0 aromatic heterocycles. The van der Waals surface area contributed by atoms with E-state index in [1.165, 1.54) is 27.8 Å². The molecule has 1 radical (unpaired) electrons. The minimum atomic E-state index is 1.06. The molecular weight excluding hydrogens is 216 g/mol. The standard InChI is InChI=1S/C18H19/c1-13-5-8-17(9-6-13)16(4)12-18-10-7-14(2)11-15(18)3/h5-12H,4H2,1-3H3/b18-12-. The van der Waals surface area contributed by atoms with Crippen LogP contribution in [-0.4, -0.2) is 0 Å². The third-order valence-corrected chi connectivity index (χ3v) is 3.18. The molecule has 1 aliphatic carbocycles. The summed E-state index contributed by atoms with van der Waals surface area (Å²) >= 11 is 0. The maximum absolute atomic E-state index is 4.16. The van der Waals surface area contributed by atoms with E-state index < -0.39 is 0 Å². The van der Waals surface area contributed by atoms with Crippen molar-refractivity contribution in [2.75, 3.05) is 0 Å². The van der Waals surface area contributed by atoms with Crippen molar-refractivity contribution in [3.63, 3.8) is 0 Å². The second-order valence-corrected chi connectivity index (χ2v) is 4.90.